The normalized spacial score (nSPS) is 50.8. The lowest BCUT2D eigenvalue weighted by Crippen LogP contribution is -2.57. The first-order valence-electron chi connectivity index (χ1n) is 8.61. The molecule has 2 heteroatoms. The fraction of sp³-hybridized carbons (Fsp3) is 1.00. The van der Waals surface area contributed by atoms with Gasteiger partial charge >= 0.3 is 0 Å². The molecule has 5 rings (SSSR count). The van der Waals surface area contributed by atoms with E-state index in [0.29, 0.717) is 11.5 Å². The minimum atomic E-state index is 0.450. The van der Waals surface area contributed by atoms with E-state index in [2.05, 4.69) is 11.8 Å². The Hall–Kier alpha value is -0.0800. The zero-order valence-electron chi connectivity index (χ0n) is 12.5. The van der Waals surface area contributed by atoms with Gasteiger partial charge in [0, 0.05) is 19.1 Å². The van der Waals surface area contributed by atoms with Crippen LogP contribution in [0.4, 0.5) is 0 Å². The van der Waals surface area contributed by atoms with Crippen molar-refractivity contribution in [2.75, 3.05) is 19.6 Å². The van der Waals surface area contributed by atoms with Gasteiger partial charge in [-0.2, -0.15) is 0 Å². The van der Waals surface area contributed by atoms with Crippen molar-refractivity contribution in [2.45, 2.75) is 57.9 Å². The summed E-state index contributed by atoms with van der Waals surface area (Å²) in [7, 11) is 0. The van der Waals surface area contributed by atoms with E-state index in [0.717, 1.165) is 23.7 Å². The summed E-state index contributed by atoms with van der Waals surface area (Å²) >= 11 is 0. The molecule has 0 aromatic rings. The highest BCUT2D eigenvalue weighted by Gasteiger charge is 2.53. The van der Waals surface area contributed by atoms with Crippen LogP contribution in [0.3, 0.4) is 0 Å². The molecular formula is C17H30N2. The van der Waals surface area contributed by atoms with Gasteiger partial charge in [0.2, 0.25) is 0 Å². The zero-order chi connectivity index (χ0) is 13.0. The van der Waals surface area contributed by atoms with E-state index in [9.17, 15) is 0 Å². The molecule has 0 radical (unpaired) electrons. The van der Waals surface area contributed by atoms with Crippen LogP contribution in [0.15, 0.2) is 0 Å². The number of likely N-dealkylation sites (tertiary alicyclic amines) is 1. The van der Waals surface area contributed by atoms with Crippen LogP contribution in [0.5, 0.6) is 0 Å². The molecule has 2 nitrogen and oxygen atoms in total. The lowest BCUT2D eigenvalue weighted by molar-refractivity contribution is -0.0708. The van der Waals surface area contributed by atoms with Gasteiger partial charge in [0.1, 0.15) is 0 Å². The van der Waals surface area contributed by atoms with E-state index in [4.69, 9.17) is 5.73 Å². The average molecular weight is 262 g/mol. The molecule has 4 bridgehead atoms. The first kappa shape index (κ1) is 12.6. The van der Waals surface area contributed by atoms with E-state index >= 15 is 0 Å². The minimum absolute atomic E-state index is 0.450. The van der Waals surface area contributed by atoms with E-state index < -0.39 is 0 Å². The van der Waals surface area contributed by atoms with Gasteiger partial charge in [0.05, 0.1) is 0 Å². The van der Waals surface area contributed by atoms with Gasteiger partial charge in [0.25, 0.3) is 0 Å². The van der Waals surface area contributed by atoms with Crippen LogP contribution in [0.2, 0.25) is 0 Å². The van der Waals surface area contributed by atoms with Crippen LogP contribution in [0.1, 0.15) is 51.9 Å². The molecule has 2 unspecified atom stereocenters. The smallest absolute Gasteiger partial charge is 0.0225 e. The number of rotatable bonds is 3. The van der Waals surface area contributed by atoms with Gasteiger partial charge in [-0.25, -0.2) is 0 Å². The summed E-state index contributed by atoms with van der Waals surface area (Å²) in [5.41, 5.74) is 7.30. The van der Waals surface area contributed by atoms with Crippen molar-refractivity contribution >= 4 is 0 Å². The van der Waals surface area contributed by atoms with Crippen molar-refractivity contribution in [3.63, 3.8) is 0 Å². The van der Waals surface area contributed by atoms with Gasteiger partial charge in [-0.15, -0.1) is 0 Å². The van der Waals surface area contributed by atoms with E-state index in [-0.39, 0.29) is 0 Å². The summed E-state index contributed by atoms with van der Waals surface area (Å²) in [4.78, 5) is 2.65. The van der Waals surface area contributed by atoms with E-state index in [1.807, 2.05) is 0 Å². The lowest BCUT2D eigenvalue weighted by atomic mass is 9.48. The molecule has 1 heterocycles. The molecule has 0 amide bonds. The highest BCUT2D eigenvalue weighted by atomic mass is 15.2. The molecule has 2 atom stereocenters. The van der Waals surface area contributed by atoms with Crippen molar-refractivity contribution in [3.05, 3.63) is 0 Å². The maximum Gasteiger partial charge on any atom is 0.0225 e. The maximum atomic E-state index is 6.76. The summed E-state index contributed by atoms with van der Waals surface area (Å²) in [5.74, 6) is 4.00. The van der Waals surface area contributed by atoms with Crippen LogP contribution in [0.25, 0.3) is 0 Å². The molecular weight excluding hydrogens is 232 g/mol. The molecule has 5 fully saturated rings. The van der Waals surface area contributed by atoms with Crippen LogP contribution >= 0.6 is 0 Å². The second-order valence-corrected chi connectivity index (χ2v) is 8.54. The molecule has 0 aromatic heterocycles. The van der Waals surface area contributed by atoms with Crippen molar-refractivity contribution in [1.82, 2.24) is 4.90 Å². The Morgan fingerprint density at radius 1 is 1.11 bits per heavy atom. The third kappa shape index (κ3) is 2.15. The molecule has 108 valence electrons. The molecule has 4 aliphatic carbocycles. The summed E-state index contributed by atoms with van der Waals surface area (Å²) in [6.45, 7) is 6.15. The predicted molar refractivity (Wildman–Crippen MR) is 78.8 cm³/mol. The first-order chi connectivity index (χ1) is 9.13. The molecule has 4 saturated carbocycles. The quantitative estimate of drug-likeness (QED) is 0.847. The van der Waals surface area contributed by atoms with Crippen molar-refractivity contribution in [2.24, 2.45) is 34.8 Å². The Kier molecular flexibility index (Phi) is 2.97. The van der Waals surface area contributed by atoms with Crippen molar-refractivity contribution in [3.8, 4) is 0 Å². The fourth-order valence-electron chi connectivity index (χ4n) is 6.30. The predicted octanol–water partition coefficient (Wildman–Crippen LogP) is 2.87. The molecule has 0 aromatic carbocycles. The lowest BCUT2D eigenvalue weighted by Gasteiger charge is -2.59. The number of hydrogen-bond acceptors (Lipinski definition) is 2. The molecule has 1 aliphatic heterocycles. The van der Waals surface area contributed by atoms with Gasteiger partial charge in [-0.1, -0.05) is 6.92 Å². The number of hydrogen-bond donors (Lipinski definition) is 1. The highest BCUT2D eigenvalue weighted by Crippen LogP contribution is 2.61. The minimum Gasteiger partial charge on any atom is -0.326 e. The first-order valence-corrected chi connectivity index (χ1v) is 8.61. The summed E-state index contributed by atoms with van der Waals surface area (Å²) in [6, 6.07) is 0.450. The van der Waals surface area contributed by atoms with Crippen molar-refractivity contribution in [1.29, 1.82) is 0 Å². The molecule has 0 spiro atoms. The zero-order valence-corrected chi connectivity index (χ0v) is 12.5. The van der Waals surface area contributed by atoms with Gasteiger partial charge < -0.3 is 10.6 Å². The molecule has 5 aliphatic rings. The molecule has 19 heavy (non-hydrogen) atoms. The number of nitrogens with two attached hydrogens (primary N) is 1. The Morgan fingerprint density at radius 3 is 2.16 bits per heavy atom. The van der Waals surface area contributed by atoms with Gasteiger partial charge in [0.15, 0.2) is 0 Å². The Labute approximate surface area is 118 Å². The van der Waals surface area contributed by atoms with Crippen LogP contribution in [0, 0.1) is 29.1 Å². The maximum absolute atomic E-state index is 6.76. The van der Waals surface area contributed by atoms with Crippen LogP contribution in [-0.4, -0.2) is 30.6 Å². The van der Waals surface area contributed by atoms with Crippen molar-refractivity contribution < 1.29 is 0 Å². The largest absolute Gasteiger partial charge is 0.326 e. The summed E-state index contributed by atoms with van der Waals surface area (Å²) < 4.78 is 0. The summed E-state index contributed by atoms with van der Waals surface area (Å²) in [5, 5.41) is 0. The average Bonchev–Trinajstić information content (AvgIpc) is 2.73. The molecule has 2 N–H and O–H groups in total. The second kappa shape index (κ2) is 4.46. The third-order valence-corrected chi connectivity index (χ3v) is 6.84. The fourth-order valence-corrected chi connectivity index (χ4v) is 6.30. The SMILES string of the molecule is CC1CCN(CC(N)C23CC4CC(CC(C4)C2)C3)C1. The third-order valence-electron chi connectivity index (χ3n) is 6.84. The van der Waals surface area contributed by atoms with Crippen LogP contribution in [-0.2, 0) is 0 Å². The van der Waals surface area contributed by atoms with E-state index in [1.165, 1.54) is 64.6 Å². The van der Waals surface area contributed by atoms with E-state index in [1.54, 1.807) is 0 Å². The van der Waals surface area contributed by atoms with Crippen LogP contribution < -0.4 is 5.73 Å². The Morgan fingerprint density at radius 2 is 1.68 bits per heavy atom. The second-order valence-electron chi connectivity index (χ2n) is 8.54. The Balaban J connectivity index is 1.45. The standard InChI is InChI=1S/C17H30N2/c1-12-2-3-19(10-12)11-16(18)17-7-13-4-14(8-17)6-15(5-13)9-17/h12-16H,2-11,18H2,1H3. The highest BCUT2D eigenvalue weighted by molar-refractivity contribution is 5.06. The van der Waals surface area contributed by atoms with Gasteiger partial charge in [-0.05, 0) is 80.6 Å². The topological polar surface area (TPSA) is 29.3 Å². The monoisotopic (exact) mass is 262 g/mol. The number of nitrogens with zero attached hydrogens (tertiary/aromatic N) is 1. The van der Waals surface area contributed by atoms with Gasteiger partial charge in [-0.3, -0.25) is 0 Å². The molecule has 1 saturated heterocycles. The Bertz CT molecular complexity index is 316. The summed E-state index contributed by atoms with van der Waals surface area (Å²) in [6.07, 6.45) is 10.4.